The number of rotatable bonds is 3. The monoisotopic (exact) mass is 434 g/mol. The maximum atomic E-state index is 13.6. The predicted molar refractivity (Wildman–Crippen MR) is 114 cm³/mol. The van der Waals surface area contributed by atoms with E-state index in [0.29, 0.717) is 37.1 Å². The van der Waals surface area contributed by atoms with E-state index in [9.17, 15) is 9.59 Å². The molecule has 0 aromatic heterocycles. The van der Waals surface area contributed by atoms with Crippen molar-refractivity contribution >= 4 is 40.9 Å². The van der Waals surface area contributed by atoms with Gasteiger partial charge in [0.15, 0.2) is 4.87 Å². The van der Waals surface area contributed by atoms with Crippen molar-refractivity contribution in [1.82, 2.24) is 4.90 Å². The van der Waals surface area contributed by atoms with Crippen LogP contribution in [0.4, 0.5) is 5.69 Å². The molecule has 2 amide bonds. The molecule has 7 heteroatoms. The lowest BCUT2D eigenvalue weighted by Crippen LogP contribution is -2.56. The largest absolute Gasteiger partial charge is 0.375 e. The van der Waals surface area contributed by atoms with Crippen LogP contribution in [0.25, 0.3) is 0 Å². The second-order valence-corrected chi connectivity index (χ2v) is 10.4. The van der Waals surface area contributed by atoms with Crippen LogP contribution in [0.15, 0.2) is 23.1 Å². The fourth-order valence-electron chi connectivity index (χ4n) is 5.22. The SMILES string of the molecule is O=C1CCC2(C(=O)N3CCC(OC4CCCCC4)CC3)Sc3ccc(Cl)cc3N12. The predicted octanol–water partition coefficient (Wildman–Crippen LogP) is 4.61. The molecule has 5 nitrogen and oxygen atoms in total. The van der Waals surface area contributed by atoms with E-state index in [1.165, 1.54) is 43.9 Å². The summed E-state index contributed by atoms with van der Waals surface area (Å²) in [7, 11) is 0. The summed E-state index contributed by atoms with van der Waals surface area (Å²) in [4.78, 5) is 30.1. The van der Waals surface area contributed by atoms with Crippen molar-refractivity contribution in [2.45, 2.75) is 79.8 Å². The van der Waals surface area contributed by atoms with Gasteiger partial charge >= 0.3 is 0 Å². The van der Waals surface area contributed by atoms with E-state index in [0.717, 1.165) is 23.4 Å². The van der Waals surface area contributed by atoms with Crippen LogP contribution >= 0.6 is 23.4 Å². The third kappa shape index (κ3) is 3.47. The molecule has 3 fully saturated rings. The molecular formula is C22H27ClN2O3S. The molecule has 1 unspecified atom stereocenters. The number of halogens is 1. The van der Waals surface area contributed by atoms with Gasteiger partial charge in [-0.15, -0.1) is 0 Å². The number of carbonyl (C=O) groups is 2. The molecule has 0 spiro atoms. The number of ether oxygens (including phenoxy) is 1. The van der Waals surface area contributed by atoms with Gasteiger partial charge in [0.2, 0.25) is 5.91 Å². The van der Waals surface area contributed by atoms with E-state index in [1.54, 1.807) is 4.90 Å². The molecule has 3 aliphatic heterocycles. The van der Waals surface area contributed by atoms with Crippen LogP contribution in [-0.4, -0.2) is 46.9 Å². The van der Waals surface area contributed by atoms with E-state index in [1.807, 2.05) is 23.1 Å². The van der Waals surface area contributed by atoms with Crippen molar-refractivity contribution in [2.24, 2.45) is 0 Å². The van der Waals surface area contributed by atoms with E-state index in [4.69, 9.17) is 16.3 Å². The molecular weight excluding hydrogens is 408 g/mol. The summed E-state index contributed by atoms with van der Waals surface area (Å²) in [5.74, 6) is 0.0826. The zero-order valence-corrected chi connectivity index (χ0v) is 18.1. The number of carbonyl (C=O) groups excluding carboxylic acids is 2. The maximum Gasteiger partial charge on any atom is 0.259 e. The van der Waals surface area contributed by atoms with Crippen molar-refractivity contribution in [3.63, 3.8) is 0 Å². The van der Waals surface area contributed by atoms with Crippen LogP contribution in [0.2, 0.25) is 5.02 Å². The Balaban J connectivity index is 1.28. The average molecular weight is 435 g/mol. The van der Waals surface area contributed by atoms with Gasteiger partial charge in [0, 0.05) is 29.4 Å². The first-order valence-corrected chi connectivity index (χ1v) is 12.0. The summed E-state index contributed by atoms with van der Waals surface area (Å²) >= 11 is 7.70. The van der Waals surface area contributed by atoms with Gasteiger partial charge in [-0.3, -0.25) is 14.5 Å². The van der Waals surface area contributed by atoms with E-state index < -0.39 is 4.87 Å². The molecule has 29 heavy (non-hydrogen) atoms. The summed E-state index contributed by atoms with van der Waals surface area (Å²) in [5, 5.41) is 0.591. The fourth-order valence-corrected chi connectivity index (χ4v) is 6.86. The zero-order chi connectivity index (χ0) is 20.0. The lowest BCUT2D eigenvalue weighted by atomic mass is 9.97. The van der Waals surface area contributed by atoms with Crippen molar-refractivity contribution in [2.75, 3.05) is 18.0 Å². The molecule has 1 aliphatic carbocycles. The van der Waals surface area contributed by atoms with Gasteiger partial charge in [-0.25, -0.2) is 0 Å². The van der Waals surface area contributed by atoms with Crippen LogP contribution in [0.5, 0.6) is 0 Å². The van der Waals surface area contributed by atoms with Crippen molar-refractivity contribution in [1.29, 1.82) is 0 Å². The molecule has 0 N–H and O–H groups in total. The highest BCUT2D eigenvalue weighted by Crippen LogP contribution is 2.57. The standard InChI is InChI=1S/C22H27ClN2O3S/c23-15-6-7-19-18(14-15)25-20(26)8-11-22(25,29-19)21(27)24-12-9-17(10-13-24)28-16-4-2-1-3-5-16/h6-7,14,16-17H,1-5,8-13H2. The van der Waals surface area contributed by atoms with Crippen LogP contribution in [0.3, 0.4) is 0 Å². The van der Waals surface area contributed by atoms with Crippen LogP contribution in [0, 0.1) is 0 Å². The number of thioether (sulfide) groups is 1. The van der Waals surface area contributed by atoms with Crippen molar-refractivity contribution in [3.8, 4) is 0 Å². The van der Waals surface area contributed by atoms with Gasteiger partial charge in [0.05, 0.1) is 17.9 Å². The molecule has 1 atom stereocenters. The Morgan fingerprint density at radius 2 is 1.83 bits per heavy atom. The molecule has 0 radical (unpaired) electrons. The Labute approximate surface area is 181 Å². The molecule has 0 bridgehead atoms. The molecule has 156 valence electrons. The van der Waals surface area contributed by atoms with Gasteiger partial charge in [0.25, 0.3) is 5.91 Å². The van der Waals surface area contributed by atoms with Crippen LogP contribution in [0.1, 0.15) is 57.8 Å². The Morgan fingerprint density at radius 3 is 2.59 bits per heavy atom. The molecule has 3 heterocycles. The minimum absolute atomic E-state index is 0.0161. The summed E-state index contributed by atoms with van der Waals surface area (Å²) in [6, 6.07) is 5.56. The van der Waals surface area contributed by atoms with Gasteiger partial charge < -0.3 is 9.64 Å². The lowest BCUT2D eigenvalue weighted by Gasteiger charge is -2.39. The Kier molecular flexibility index (Phi) is 5.29. The summed E-state index contributed by atoms with van der Waals surface area (Å²) < 4.78 is 6.33. The van der Waals surface area contributed by atoms with Crippen molar-refractivity contribution < 1.29 is 14.3 Å². The van der Waals surface area contributed by atoms with E-state index in [2.05, 4.69) is 0 Å². The van der Waals surface area contributed by atoms with Gasteiger partial charge in [-0.05, 0) is 50.3 Å². The van der Waals surface area contributed by atoms with Crippen molar-refractivity contribution in [3.05, 3.63) is 23.2 Å². The third-order valence-electron chi connectivity index (χ3n) is 6.73. The number of amides is 2. The third-order valence-corrected chi connectivity index (χ3v) is 8.43. The smallest absolute Gasteiger partial charge is 0.259 e. The van der Waals surface area contributed by atoms with Gasteiger partial charge in [-0.1, -0.05) is 42.6 Å². The molecule has 4 aliphatic rings. The first-order chi connectivity index (χ1) is 14.1. The molecule has 5 rings (SSSR count). The maximum absolute atomic E-state index is 13.6. The number of benzene rings is 1. The van der Waals surface area contributed by atoms with E-state index >= 15 is 0 Å². The van der Waals surface area contributed by atoms with Gasteiger partial charge in [0.1, 0.15) is 0 Å². The molecule has 1 aromatic carbocycles. The highest BCUT2D eigenvalue weighted by Gasteiger charge is 2.58. The number of likely N-dealkylation sites (tertiary alicyclic amines) is 1. The minimum Gasteiger partial charge on any atom is -0.375 e. The topological polar surface area (TPSA) is 49.9 Å². The van der Waals surface area contributed by atoms with Gasteiger partial charge in [-0.2, -0.15) is 0 Å². The zero-order valence-electron chi connectivity index (χ0n) is 16.6. The second kappa shape index (κ2) is 7.78. The fraction of sp³-hybridized carbons (Fsp3) is 0.636. The quantitative estimate of drug-likeness (QED) is 0.697. The molecule has 1 aromatic rings. The minimum atomic E-state index is -0.832. The molecule has 2 saturated heterocycles. The summed E-state index contributed by atoms with van der Waals surface area (Å²) in [6.07, 6.45) is 9.63. The summed E-state index contributed by atoms with van der Waals surface area (Å²) in [6.45, 7) is 1.41. The second-order valence-electron chi connectivity index (χ2n) is 8.62. The molecule has 1 saturated carbocycles. The highest BCUT2D eigenvalue weighted by molar-refractivity contribution is 8.02. The number of fused-ring (bicyclic) bond motifs is 3. The van der Waals surface area contributed by atoms with E-state index in [-0.39, 0.29) is 17.9 Å². The van der Waals surface area contributed by atoms with Crippen LogP contribution in [-0.2, 0) is 14.3 Å². The number of hydrogen-bond acceptors (Lipinski definition) is 4. The Bertz CT molecular complexity index is 820. The normalized spacial score (nSPS) is 28.0. The number of hydrogen-bond donors (Lipinski definition) is 0. The number of nitrogens with zero attached hydrogens (tertiary/aromatic N) is 2. The number of anilines is 1. The summed E-state index contributed by atoms with van der Waals surface area (Å²) in [5.41, 5.74) is 0.786. The Hall–Kier alpha value is -1.24. The van der Waals surface area contributed by atoms with Crippen LogP contribution < -0.4 is 4.90 Å². The first-order valence-electron chi connectivity index (χ1n) is 10.8. The lowest BCUT2D eigenvalue weighted by molar-refractivity contribution is -0.137. The average Bonchev–Trinajstić information content (AvgIpc) is 3.24. The first kappa shape index (κ1) is 19.7. The Morgan fingerprint density at radius 1 is 1.10 bits per heavy atom. The number of piperidine rings is 1. The highest BCUT2D eigenvalue weighted by atomic mass is 35.5.